The summed E-state index contributed by atoms with van der Waals surface area (Å²) in [5.41, 5.74) is 1.45. The highest BCUT2D eigenvalue weighted by atomic mass is 32.2. The van der Waals surface area contributed by atoms with Crippen LogP contribution in [0.25, 0.3) is 0 Å². The summed E-state index contributed by atoms with van der Waals surface area (Å²) in [6.45, 7) is 1.18. The molecule has 0 aromatic heterocycles. The first-order chi connectivity index (χ1) is 14.3. The topological polar surface area (TPSA) is 95.9 Å². The Morgan fingerprint density at radius 2 is 1.87 bits per heavy atom. The molecule has 30 heavy (non-hydrogen) atoms. The molecule has 0 radical (unpaired) electrons. The predicted molar refractivity (Wildman–Crippen MR) is 107 cm³/mol. The van der Waals surface area contributed by atoms with Crippen LogP contribution >= 0.6 is 0 Å². The van der Waals surface area contributed by atoms with Crippen molar-refractivity contribution in [2.24, 2.45) is 0 Å². The molecule has 1 atom stereocenters. The first kappa shape index (κ1) is 20.8. The number of para-hydroxylation sites is 1. The van der Waals surface area contributed by atoms with Gasteiger partial charge in [-0.3, -0.25) is 4.79 Å². The van der Waals surface area contributed by atoms with Gasteiger partial charge in [0.2, 0.25) is 10.0 Å². The van der Waals surface area contributed by atoms with Crippen molar-refractivity contribution in [1.29, 1.82) is 0 Å². The molecule has 0 bridgehead atoms. The molecule has 1 unspecified atom stereocenters. The number of aliphatic hydroxyl groups excluding tert-OH is 1. The van der Waals surface area contributed by atoms with E-state index >= 15 is 0 Å². The zero-order valence-electron chi connectivity index (χ0n) is 16.3. The second kappa shape index (κ2) is 8.33. The molecule has 160 valence electrons. The van der Waals surface area contributed by atoms with Crippen molar-refractivity contribution >= 4 is 15.9 Å². The van der Waals surface area contributed by atoms with E-state index in [2.05, 4.69) is 4.72 Å². The largest absolute Gasteiger partial charge is 0.493 e. The smallest absolute Gasteiger partial charge is 0.256 e. The van der Waals surface area contributed by atoms with Crippen LogP contribution in [-0.4, -0.2) is 50.1 Å². The van der Waals surface area contributed by atoms with Crippen LogP contribution in [0.4, 0.5) is 4.39 Å². The monoisotopic (exact) mass is 434 g/mol. The van der Waals surface area contributed by atoms with Gasteiger partial charge < -0.3 is 14.7 Å². The summed E-state index contributed by atoms with van der Waals surface area (Å²) in [5, 5.41) is 10.6. The molecule has 2 aromatic rings. The first-order valence-electron chi connectivity index (χ1n) is 9.84. The molecular formula is C21H23FN2O5S. The summed E-state index contributed by atoms with van der Waals surface area (Å²) in [4.78, 5) is 14.3. The average Bonchev–Trinajstić information content (AvgIpc) is 3.22. The number of carbonyl (C=O) groups is 1. The van der Waals surface area contributed by atoms with E-state index in [1.165, 1.54) is 12.1 Å². The molecule has 1 saturated heterocycles. The molecule has 2 N–H and O–H groups in total. The number of aliphatic hydroxyl groups is 1. The van der Waals surface area contributed by atoms with Crippen molar-refractivity contribution in [3.05, 3.63) is 59.4 Å². The van der Waals surface area contributed by atoms with Gasteiger partial charge in [0.05, 0.1) is 11.5 Å². The summed E-state index contributed by atoms with van der Waals surface area (Å²) >= 11 is 0. The van der Waals surface area contributed by atoms with Crippen LogP contribution in [0.5, 0.6) is 5.75 Å². The number of carbonyl (C=O) groups excluding carboxylic acids is 1. The molecule has 1 fully saturated rings. The fourth-order valence-corrected chi connectivity index (χ4v) is 5.19. The Labute approximate surface area is 174 Å². The fraction of sp³-hybridized carbons (Fsp3) is 0.381. The quantitative estimate of drug-likeness (QED) is 0.748. The average molecular weight is 434 g/mol. The van der Waals surface area contributed by atoms with Crippen LogP contribution in [0.3, 0.4) is 0 Å². The Morgan fingerprint density at radius 1 is 1.17 bits per heavy atom. The lowest BCUT2D eigenvalue weighted by atomic mass is 10.0. The number of amides is 1. The number of fused-ring (bicyclic) bond motifs is 1. The Hall–Kier alpha value is -2.49. The minimum absolute atomic E-state index is 0.00392. The molecule has 0 aliphatic carbocycles. The molecular weight excluding hydrogens is 411 g/mol. The van der Waals surface area contributed by atoms with Crippen molar-refractivity contribution in [2.45, 2.75) is 36.3 Å². The number of halogens is 1. The van der Waals surface area contributed by atoms with Crippen molar-refractivity contribution in [3.63, 3.8) is 0 Å². The molecule has 0 saturated carbocycles. The van der Waals surface area contributed by atoms with E-state index in [-0.39, 0.29) is 10.9 Å². The summed E-state index contributed by atoms with van der Waals surface area (Å²) < 4.78 is 46.1. The van der Waals surface area contributed by atoms with Gasteiger partial charge in [0, 0.05) is 31.1 Å². The van der Waals surface area contributed by atoms with E-state index < -0.39 is 27.9 Å². The number of nitrogens with one attached hydrogen (secondary N) is 1. The maximum absolute atomic E-state index is 13.0. The molecule has 2 aliphatic heterocycles. The number of likely N-dealkylation sites (tertiary alicyclic amines) is 1. The van der Waals surface area contributed by atoms with Crippen LogP contribution in [0.15, 0.2) is 47.4 Å². The number of hydrogen-bond donors (Lipinski definition) is 2. The van der Waals surface area contributed by atoms with E-state index in [1.807, 2.05) is 6.07 Å². The minimum Gasteiger partial charge on any atom is -0.493 e. The van der Waals surface area contributed by atoms with Crippen LogP contribution in [0.2, 0.25) is 0 Å². The molecule has 7 nitrogen and oxygen atoms in total. The van der Waals surface area contributed by atoms with Crippen LogP contribution in [0, 0.1) is 5.82 Å². The highest BCUT2D eigenvalue weighted by Crippen LogP contribution is 2.34. The second-order valence-electron chi connectivity index (χ2n) is 7.51. The number of ether oxygens (including phenoxy) is 1. The maximum Gasteiger partial charge on any atom is 0.256 e. The Balaban J connectivity index is 1.37. The number of benzene rings is 2. The Morgan fingerprint density at radius 3 is 2.57 bits per heavy atom. The van der Waals surface area contributed by atoms with E-state index in [4.69, 9.17) is 4.74 Å². The van der Waals surface area contributed by atoms with Gasteiger partial charge in [-0.2, -0.15) is 0 Å². The lowest BCUT2D eigenvalue weighted by Gasteiger charge is -2.33. The lowest BCUT2D eigenvalue weighted by Crippen LogP contribution is -2.47. The van der Waals surface area contributed by atoms with Gasteiger partial charge in [-0.25, -0.2) is 17.5 Å². The van der Waals surface area contributed by atoms with Crippen molar-refractivity contribution in [1.82, 2.24) is 9.62 Å². The number of sulfonamides is 1. The SMILES string of the molecule is O=C(C(O)c1cccc2c1OCC2)N1CCC(NS(=O)(=O)c2ccc(F)cc2)CC1. The number of hydrogen-bond acceptors (Lipinski definition) is 5. The Kier molecular flexibility index (Phi) is 5.77. The van der Waals surface area contributed by atoms with Gasteiger partial charge in [-0.1, -0.05) is 18.2 Å². The predicted octanol–water partition coefficient (Wildman–Crippen LogP) is 1.76. The van der Waals surface area contributed by atoms with Crippen molar-refractivity contribution < 1.29 is 27.4 Å². The van der Waals surface area contributed by atoms with Crippen LogP contribution < -0.4 is 9.46 Å². The number of nitrogens with zero attached hydrogens (tertiary/aromatic N) is 1. The van der Waals surface area contributed by atoms with E-state index in [0.717, 1.165) is 24.1 Å². The maximum atomic E-state index is 13.0. The number of rotatable bonds is 5. The summed E-state index contributed by atoms with van der Waals surface area (Å²) in [6.07, 6.45) is 0.277. The van der Waals surface area contributed by atoms with Crippen LogP contribution in [0.1, 0.15) is 30.1 Å². The lowest BCUT2D eigenvalue weighted by molar-refractivity contribution is -0.141. The van der Waals surface area contributed by atoms with Gasteiger partial charge >= 0.3 is 0 Å². The van der Waals surface area contributed by atoms with E-state index in [1.54, 1.807) is 17.0 Å². The highest BCUT2D eigenvalue weighted by Gasteiger charge is 2.32. The molecule has 4 rings (SSSR count). The molecule has 9 heteroatoms. The van der Waals surface area contributed by atoms with E-state index in [0.29, 0.717) is 43.9 Å². The Bertz CT molecular complexity index is 1030. The van der Waals surface area contributed by atoms with Gasteiger partial charge in [-0.15, -0.1) is 0 Å². The molecule has 2 aromatic carbocycles. The van der Waals surface area contributed by atoms with Gasteiger partial charge in [0.15, 0.2) is 6.10 Å². The third kappa shape index (κ3) is 4.19. The third-order valence-electron chi connectivity index (χ3n) is 5.53. The fourth-order valence-electron chi connectivity index (χ4n) is 3.88. The summed E-state index contributed by atoms with van der Waals surface area (Å²) in [5.74, 6) is -0.340. The standard InChI is InChI=1S/C21H23FN2O5S/c22-15-4-6-17(7-5-15)30(27,28)23-16-8-11-24(12-9-16)21(26)19(25)18-3-1-2-14-10-13-29-20(14)18/h1-7,16,19,23,25H,8-13H2. The van der Waals surface area contributed by atoms with Gasteiger partial charge in [-0.05, 0) is 42.7 Å². The molecule has 2 heterocycles. The van der Waals surface area contributed by atoms with Gasteiger partial charge in [0.25, 0.3) is 5.91 Å². The second-order valence-corrected chi connectivity index (χ2v) is 9.23. The summed E-state index contributed by atoms with van der Waals surface area (Å²) in [6, 6.07) is 9.70. The zero-order chi connectivity index (χ0) is 21.3. The van der Waals surface area contributed by atoms with Crippen LogP contribution in [-0.2, 0) is 21.2 Å². The normalized spacial score (nSPS) is 18.0. The first-order valence-corrected chi connectivity index (χ1v) is 11.3. The highest BCUT2D eigenvalue weighted by molar-refractivity contribution is 7.89. The zero-order valence-corrected chi connectivity index (χ0v) is 17.1. The van der Waals surface area contributed by atoms with Crippen molar-refractivity contribution in [2.75, 3.05) is 19.7 Å². The minimum atomic E-state index is -3.77. The summed E-state index contributed by atoms with van der Waals surface area (Å²) in [7, 11) is -3.77. The van der Waals surface area contributed by atoms with E-state index in [9.17, 15) is 22.7 Å². The molecule has 1 amide bonds. The molecule has 0 spiro atoms. The van der Waals surface area contributed by atoms with Gasteiger partial charge in [0.1, 0.15) is 11.6 Å². The molecule has 2 aliphatic rings. The number of piperidine rings is 1. The van der Waals surface area contributed by atoms with Crippen molar-refractivity contribution in [3.8, 4) is 5.75 Å². The third-order valence-corrected chi connectivity index (χ3v) is 7.06.